The van der Waals surface area contributed by atoms with Gasteiger partial charge < -0.3 is 19.7 Å². The summed E-state index contributed by atoms with van der Waals surface area (Å²) in [5.41, 5.74) is 4.45. The zero-order chi connectivity index (χ0) is 29.7. The Balaban J connectivity index is 0.000000263. The van der Waals surface area contributed by atoms with Crippen LogP contribution >= 0.6 is 11.3 Å². The molecule has 1 aliphatic rings. The number of carboxylic acid groups (broad SMARTS) is 2. The highest BCUT2D eigenvalue weighted by atomic mass is 32.1. The van der Waals surface area contributed by atoms with Gasteiger partial charge in [0.1, 0.15) is 16.5 Å². The van der Waals surface area contributed by atoms with Gasteiger partial charge in [-0.25, -0.2) is 14.6 Å². The van der Waals surface area contributed by atoms with E-state index >= 15 is 0 Å². The molecule has 0 radical (unpaired) electrons. The number of halogens is 6. The summed E-state index contributed by atoms with van der Waals surface area (Å²) >= 11 is 1.75. The molecular formula is C24H19F6N3O6S. The van der Waals surface area contributed by atoms with E-state index in [1.54, 1.807) is 18.4 Å². The molecule has 0 saturated heterocycles. The Hall–Kier alpha value is -4.34. The number of aliphatic carboxylic acids is 2. The Morgan fingerprint density at radius 1 is 1.02 bits per heavy atom. The van der Waals surface area contributed by atoms with Gasteiger partial charge in [0, 0.05) is 17.7 Å². The number of carbonyl (C=O) groups is 2. The van der Waals surface area contributed by atoms with Gasteiger partial charge in [-0.1, -0.05) is 6.07 Å². The molecule has 3 heterocycles. The van der Waals surface area contributed by atoms with Crippen molar-refractivity contribution in [1.29, 1.82) is 0 Å². The predicted octanol–water partition coefficient (Wildman–Crippen LogP) is 5.68. The lowest BCUT2D eigenvalue weighted by Crippen LogP contribution is -2.21. The van der Waals surface area contributed by atoms with Crippen LogP contribution in [0.5, 0.6) is 11.5 Å². The third-order valence-corrected chi connectivity index (χ3v) is 6.43. The molecule has 1 atom stereocenters. The predicted molar refractivity (Wildman–Crippen MR) is 130 cm³/mol. The van der Waals surface area contributed by atoms with E-state index in [0.29, 0.717) is 6.61 Å². The number of fused-ring (bicyclic) bond motifs is 2. The quantitative estimate of drug-likeness (QED) is 0.259. The standard InChI is InChI=1S/C20H17N3O2S.2C2HF3O2/c1-24-16-3-5-18-13(7-16)6-14(11-25-18)20-23-17-4-2-12(8-19(17)26-20)15-9-21-22-10-15;2*3-2(4,5)1(6)7/h2-5,7-10,14H,6,11H2,1H3,(H,21,22);2*(H,6,7). The van der Waals surface area contributed by atoms with Gasteiger partial charge in [0.2, 0.25) is 0 Å². The van der Waals surface area contributed by atoms with Crippen molar-refractivity contribution in [1.82, 2.24) is 15.2 Å². The molecule has 16 heteroatoms. The van der Waals surface area contributed by atoms with Crippen LogP contribution in [0.2, 0.25) is 0 Å². The normalized spacial score (nSPS) is 14.5. The summed E-state index contributed by atoms with van der Waals surface area (Å²) in [6, 6.07) is 12.3. The van der Waals surface area contributed by atoms with Gasteiger partial charge in [0.15, 0.2) is 0 Å². The zero-order valence-electron chi connectivity index (χ0n) is 20.2. The number of H-pyrrole nitrogens is 1. The average Bonchev–Trinajstić information content (AvgIpc) is 3.57. The van der Waals surface area contributed by atoms with Gasteiger partial charge in [-0.2, -0.15) is 31.4 Å². The SMILES string of the molecule is COc1ccc2c(c1)CC(c1nc3ccc(-c4cn[nH]c4)cc3s1)CO2.O=C(O)C(F)(F)F.O=C(O)C(F)(F)F. The van der Waals surface area contributed by atoms with Crippen LogP contribution in [0, 0.1) is 0 Å². The molecule has 1 aliphatic heterocycles. The van der Waals surface area contributed by atoms with Crippen molar-refractivity contribution in [3.8, 4) is 22.6 Å². The summed E-state index contributed by atoms with van der Waals surface area (Å²) in [7, 11) is 1.69. The third kappa shape index (κ3) is 7.84. The maximum absolute atomic E-state index is 10.6. The largest absolute Gasteiger partial charge is 0.497 e. The molecule has 0 saturated carbocycles. The second kappa shape index (κ2) is 12.2. The highest BCUT2D eigenvalue weighted by molar-refractivity contribution is 7.18. The summed E-state index contributed by atoms with van der Waals surface area (Å²) in [4.78, 5) is 22.6. The van der Waals surface area contributed by atoms with Crippen LogP contribution in [0.3, 0.4) is 0 Å². The number of hydrogen-bond acceptors (Lipinski definition) is 7. The number of methoxy groups -OCH3 is 1. The maximum Gasteiger partial charge on any atom is 0.490 e. The first kappa shape index (κ1) is 30.2. The van der Waals surface area contributed by atoms with Crippen LogP contribution in [0.25, 0.3) is 21.3 Å². The number of nitrogens with zero attached hydrogens (tertiary/aromatic N) is 2. The van der Waals surface area contributed by atoms with Crippen molar-refractivity contribution in [2.45, 2.75) is 24.7 Å². The van der Waals surface area contributed by atoms with Gasteiger partial charge in [-0.15, -0.1) is 11.3 Å². The highest BCUT2D eigenvalue weighted by Gasteiger charge is 2.38. The van der Waals surface area contributed by atoms with Crippen LogP contribution in [-0.4, -0.2) is 63.4 Å². The Labute approximate surface area is 225 Å². The molecule has 4 aromatic rings. The fraction of sp³-hybridized carbons (Fsp3) is 0.250. The highest BCUT2D eigenvalue weighted by Crippen LogP contribution is 2.38. The molecule has 2 aromatic heterocycles. The summed E-state index contributed by atoms with van der Waals surface area (Å²) < 4.78 is 76.0. The van der Waals surface area contributed by atoms with Gasteiger partial charge in [0.05, 0.1) is 30.1 Å². The topological polar surface area (TPSA) is 135 Å². The Morgan fingerprint density at radius 3 is 2.23 bits per heavy atom. The summed E-state index contributed by atoms with van der Waals surface area (Å²) in [5.74, 6) is -3.43. The van der Waals surface area contributed by atoms with Crippen LogP contribution in [0.1, 0.15) is 16.5 Å². The van der Waals surface area contributed by atoms with E-state index in [1.165, 1.54) is 10.3 Å². The number of alkyl halides is 6. The molecule has 0 amide bonds. The Morgan fingerprint density at radius 2 is 1.68 bits per heavy atom. The Kier molecular flexibility index (Phi) is 9.24. The third-order valence-electron chi connectivity index (χ3n) is 5.24. The molecule has 2 aromatic carbocycles. The molecule has 214 valence electrons. The van der Waals surface area contributed by atoms with Crippen LogP contribution < -0.4 is 9.47 Å². The zero-order valence-corrected chi connectivity index (χ0v) is 21.0. The van der Waals surface area contributed by atoms with E-state index in [2.05, 4.69) is 34.5 Å². The molecule has 5 rings (SSSR count). The first-order chi connectivity index (χ1) is 18.7. The molecule has 9 nitrogen and oxygen atoms in total. The van der Waals surface area contributed by atoms with E-state index in [0.717, 1.165) is 39.6 Å². The number of aromatic nitrogens is 3. The van der Waals surface area contributed by atoms with Gasteiger partial charge in [-0.3, -0.25) is 5.10 Å². The minimum atomic E-state index is -5.08. The smallest absolute Gasteiger partial charge is 0.490 e. The molecule has 0 aliphatic carbocycles. The lowest BCUT2D eigenvalue weighted by Gasteiger charge is -2.24. The van der Waals surface area contributed by atoms with Crippen molar-refractivity contribution >= 4 is 33.5 Å². The number of ether oxygens (including phenoxy) is 2. The lowest BCUT2D eigenvalue weighted by atomic mass is 9.97. The summed E-state index contributed by atoms with van der Waals surface area (Å²) in [6.45, 7) is 0.660. The average molecular weight is 591 g/mol. The number of aromatic amines is 1. The second-order valence-electron chi connectivity index (χ2n) is 8.01. The molecule has 40 heavy (non-hydrogen) atoms. The minimum absolute atomic E-state index is 0.268. The molecule has 3 N–H and O–H groups in total. The number of carboxylic acids is 2. The lowest BCUT2D eigenvalue weighted by molar-refractivity contribution is -0.193. The van der Waals surface area contributed by atoms with Crippen LogP contribution in [0.4, 0.5) is 26.3 Å². The number of thiazole rings is 1. The van der Waals surface area contributed by atoms with E-state index in [-0.39, 0.29) is 5.92 Å². The van der Waals surface area contributed by atoms with E-state index in [4.69, 9.17) is 34.3 Å². The Bertz CT molecular complexity index is 1450. The van der Waals surface area contributed by atoms with E-state index in [9.17, 15) is 26.3 Å². The molecule has 0 spiro atoms. The minimum Gasteiger partial charge on any atom is -0.497 e. The number of benzene rings is 2. The van der Waals surface area contributed by atoms with Crippen molar-refractivity contribution in [2.75, 3.05) is 13.7 Å². The van der Waals surface area contributed by atoms with Crippen LogP contribution in [-0.2, 0) is 16.0 Å². The fourth-order valence-electron chi connectivity index (χ4n) is 3.36. The van der Waals surface area contributed by atoms with Crippen LogP contribution in [0.15, 0.2) is 48.8 Å². The maximum atomic E-state index is 10.6. The van der Waals surface area contributed by atoms with E-state index < -0.39 is 24.3 Å². The number of rotatable bonds is 3. The molecular weight excluding hydrogens is 572 g/mol. The van der Waals surface area contributed by atoms with Gasteiger partial charge in [-0.05, 0) is 47.9 Å². The van der Waals surface area contributed by atoms with Gasteiger partial charge >= 0.3 is 24.3 Å². The summed E-state index contributed by atoms with van der Waals surface area (Å²) in [5, 5.41) is 22.3. The van der Waals surface area contributed by atoms with Crippen molar-refractivity contribution in [3.63, 3.8) is 0 Å². The van der Waals surface area contributed by atoms with E-state index in [1.807, 2.05) is 24.5 Å². The fourth-order valence-corrected chi connectivity index (χ4v) is 4.45. The number of hydrogen-bond donors (Lipinski definition) is 3. The number of nitrogens with one attached hydrogen (secondary N) is 1. The monoisotopic (exact) mass is 591 g/mol. The van der Waals surface area contributed by atoms with Crippen molar-refractivity contribution in [3.05, 3.63) is 59.4 Å². The first-order valence-corrected chi connectivity index (χ1v) is 11.8. The van der Waals surface area contributed by atoms with Gasteiger partial charge in [0.25, 0.3) is 0 Å². The molecule has 0 fully saturated rings. The summed E-state index contributed by atoms with van der Waals surface area (Å²) in [6.07, 6.45) is -5.51. The molecule has 1 unspecified atom stereocenters. The second-order valence-corrected chi connectivity index (χ2v) is 9.08. The molecule has 0 bridgehead atoms. The van der Waals surface area contributed by atoms with Crippen molar-refractivity contribution < 1.29 is 55.6 Å². The first-order valence-electron chi connectivity index (χ1n) is 11.0. The van der Waals surface area contributed by atoms with Crippen molar-refractivity contribution in [2.24, 2.45) is 0 Å².